The molecular weight excluding hydrogens is 210 g/mol. The van der Waals surface area contributed by atoms with E-state index in [0.717, 1.165) is 6.07 Å². The van der Waals surface area contributed by atoms with Gasteiger partial charge in [-0.15, -0.1) is 6.58 Å². The van der Waals surface area contributed by atoms with Crippen LogP contribution < -0.4 is 5.32 Å². The lowest BCUT2D eigenvalue weighted by Crippen LogP contribution is -2.13. The first-order valence-electron chi connectivity index (χ1n) is 4.51. The lowest BCUT2D eigenvalue weighted by atomic mass is 10.1. The fourth-order valence-corrected chi connectivity index (χ4v) is 1.15. The molecule has 5 heteroatoms. The third kappa shape index (κ3) is 2.84. The molecule has 3 N–H and O–H groups in total. The minimum atomic E-state index is -1.22. The third-order valence-corrected chi connectivity index (χ3v) is 1.84. The first kappa shape index (κ1) is 11.8. The first-order chi connectivity index (χ1) is 7.54. The summed E-state index contributed by atoms with van der Waals surface area (Å²) in [7, 11) is 0. The summed E-state index contributed by atoms with van der Waals surface area (Å²) in [4.78, 5) is 22.1. The Balaban J connectivity index is 2.99. The molecule has 84 valence electrons. The molecule has 0 bridgehead atoms. The van der Waals surface area contributed by atoms with Gasteiger partial charge in [-0.1, -0.05) is 6.08 Å². The van der Waals surface area contributed by atoms with Gasteiger partial charge in [0.15, 0.2) is 0 Å². The van der Waals surface area contributed by atoms with Crippen molar-refractivity contribution in [1.29, 1.82) is 0 Å². The predicted molar refractivity (Wildman–Crippen MR) is 58.5 cm³/mol. The van der Waals surface area contributed by atoms with Crippen LogP contribution in [-0.2, 0) is 4.79 Å². The Kier molecular flexibility index (Phi) is 3.66. The molecule has 0 fully saturated rings. The second-order valence-corrected chi connectivity index (χ2v) is 3.08. The van der Waals surface area contributed by atoms with Crippen LogP contribution in [0.15, 0.2) is 30.9 Å². The zero-order chi connectivity index (χ0) is 12.1. The minimum Gasteiger partial charge on any atom is -0.508 e. The summed E-state index contributed by atoms with van der Waals surface area (Å²) in [5, 5.41) is 20.4. The van der Waals surface area contributed by atoms with Crippen LogP contribution in [0.3, 0.4) is 0 Å². The topological polar surface area (TPSA) is 86.6 Å². The zero-order valence-corrected chi connectivity index (χ0v) is 8.43. The van der Waals surface area contributed by atoms with Crippen LogP contribution in [-0.4, -0.2) is 22.1 Å². The van der Waals surface area contributed by atoms with Crippen molar-refractivity contribution in [3.63, 3.8) is 0 Å². The number of carbonyl (C=O) groups excluding carboxylic acids is 1. The highest BCUT2D eigenvalue weighted by molar-refractivity contribution is 6.01. The zero-order valence-electron chi connectivity index (χ0n) is 8.43. The fraction of sp³-hybridized carbons (Fsp3) is 0.0909. The van der Waals surface area contributed by atoms with Crippen molar-refractivity contribution in [2.75, 3.05) is 5.32 Å². The first-order valence-corrected chi connectivity index (χ1v) is 4.51. The Labute approximate surface area is 92.0 Å². The van der Waals surface area contributed by atoms with Crippen LogP contribution in [0.4, 0.5) is 5.69 Å². The van der Waals surface area contributed by atoms with Crippen LogP contribution in [0.1, 0.15) is 16.8 Å². The van der Waals surface area contributed by atoms with Crippen LogP contribution >= 0.6 is 0 Å². The number of hydrogen-bond donors (Lipinski definition) is 3. The van der Waals surface area contributed by atoms with E-state index in [0.29, 0.717) is 0 Å². The number of carboxylic acids is 1. The van der Waals surface area contributed by atoms with Crippen molar-refractivity contribution in [3.05, 3.63) is 36.4 Å². The lowest BCUT2D eigenvalue weighted by molar-refractivity contribution is -0.115. The van der Waals surface area contributed by atoms with E-state index >= 15 is 0 Å². The average molecular weight is 221 g/mol. The number of nitrogens with one attached hydrogen (secondary N) is 1. The maximum Gasteiger partial charge on any atom is 0.337 e. The summed E-state index contributed by atoms with van der Waals surface area (Å²) in [5.41, 5.74) is -0.00503. The number of carbonyl (C=O) groups is 2. The molecule has 1 aromatic carbocycles. The Bertz CT molecular complexity index is 440. The number of phenolic OH excluding ortho intramolecular Hbond substituents is 1. The highest BCUT2D eigenvalue weighted by Crippen LogP contribution is 2.21. The molecule has 16 heavy (non-hydrogen) atoms. The molecule has 0 aliphatic rings. The average Bonchev–Trinajstić information content (AvgIpc) is 2.20. The van der Waals surface area contributed by atoms with E-state index < -0.39 is 5.97 Å². The van der Waals surface area contributed by atoms with Crippen molar-refractivity contribution >= 4 is 17.6 Å². The number of rotatable bonds is 4. The molecule has 0 saturated heterocycles. The molecule has 0 saturated carbocycles. The summed E-state index contributed by atoms with van der Waals surface area (Å²) in [6, 6.07) is 3.71. The Morgan fingerprint density at radius 1 is 1.44 bits per heavy atom. The van der Waals surface area contributed by atoms with E-state index in [-0.39, 0.29) is 29.3 Å². The number of benzene rings is 1. The third-order valence-electron chi connectivity index (χ3n) is 1.84. The summed E-state index contributed by atoms with van der Waals surface area (Å²) in [6.45, 7) is 3.40. The van der Waals surface area contributed by atoms with Crippen molar-refractivity contribution in [3.8, 4) is 5.75 Å². The maximum atomic E-state index is 11.2. The van der Waals surface area contributed by atoms with Gasteiger partial charge in [-0.25, -0.2) is 4.79 Å². The number of amides is 1. The number of carboxylic acid groups (broad SMARTS) is 1. The molecular formula is C11H11NO4. The van der Waals surface area contributed by atoms with E-state index in [9.17, 15) is 9.59 Å². The van der Waals surface area contributed by atoms with E-state index in [2.05, 4.69) is 11.9 Å². The van der Waals surface area contributed by atoms with E-state index in [1.807, 2.05) is 0 Å². The number of aromatic carboxylic acids is 1. The minimum absolute atomic E-state index is 0.0972. The summed E-state index contributed by atoms with van der Waals surface area (Å²) in [6.07, 6.45) is 1.51. The number of anilines is 1. The standard InChI is InChI=1S/C11H11NO4/c1-2-3-10(14)12-9-5-4-7(13)6-8(9)11(15)16/h2,4-6,13H,1,3H2,(H,12,14)(H,15,16). The van der Waals surface area contributed by atoms with Gasteiger partial charge in [0.25, 0.3) is 0 Å². The van der Waals surface area contributed by atoms with Crippen LogP contribution in [0, 0.1) is 0 Å². The molecule has 5 nitrogen and oxygen atoms in total. The van der Waals surface area contributed by atoms with Crippen molar-refractivity contribution < 1.29 is 19.8 Å². The van der Waals surface area contributed by atoms with Gasteiger partial charge in [-0.3, -0.25) is 4.79 Å². The van der Waals surface area contributed by atoms with Crippen molar-refractivity contribution in [2.45, 2.75) is 6.42 Å². The molecule has 1 aromatic rings. The van der Waals surface area contributed by atoms with Gasteiger partial charge in [0, 0.05) is 6.42 Å². The van der Waals surface area contributed by atoms with E-state index in [1.54, 1.807) is 0 Å². The predicted octanol–water partition coefficient (Wildman–Crippen LogP) is 1.60. The molecule has 0 aliphatic heterocycles. The summed E-state index contributed by atoms with van der Waals surface area (Å²) < 4.78 is 0. The lowest BCUT2D eigenvalue weighted by Gasteiger charge is -2.07. The SMILES string of the molecule is C=CCC(=O)Nc1ccc(O)cc1C(=O)O. The molecule has 0 heterocycles. The van der Waals surface area contributed by atoms with Gasteiger partial charge in [0.2, 0.25) is 5.91 Å². The Morgan fingerprint density at radius 3 is 2.69 bits per heavy atom. The largest absolute Gasteiger partial charge is 0.508 e. The second-order valence-electron chi connectivity index (χ2n) is 3.08. The summed E-state index contributed by atoms with van der Waals surface area (Å²) in [5.74, 6) is -1.74. The Hall–Kier alpha value is -2.30. The molecule has 0 spiro atoms. The van der Waals surface area contributed by atoms with Gasteiger partial charge in [0.05, 0.1) is 11.3 Å². The highest BCUT2D eigenvalue weighted by atomic mass is 16.4. The highest BCUT2D eigenvalue weighted by Gasteiger charge is 2.12. The fourth-order valence-electron chi connectivity index (χ4n) is 1.15. The molecule has 1 amide bonds. The molecule has 0 radical (unpaired) electrons. The van der Waals surface area contributed by atoms with E-state index in [4.69, 9.17) is 10.2 Å². The van der Waals surface area contributed by atoms with E-state index in [1.165, 1.54) is 18.2 Å². The Morgan fingerprint density at radius 2 is 2.12 bits per heavy atom. The molecule has 0 unspecified atom stereocenters. The van der Waals surface area contributed by atoms with Gasteiger partial charge >= 0.3 is 5.97 Å². The van der Waals surface area contributed by atoms with Crippen LogP contribution in [0.5, 0.6) is 5.75 Å². The normalized spacial score (nSPS) is 9.50. The van der Waals surface area contributed by atoms with Crippen LogP contribution in [0.25, 0.3) is 0 Å². The number of phenols is 1. The van der Waals surface area contributed by atoms with Gasteiger partial charge in [-0.2, -0.15) is 0 Å². The van der Waals surface area contributed by atoms with Crippen molar-refractivity contribution in [2.24, 2.45) is 0 Å². The van der Waals surface area contributed by atoms with Crippen molar-refractivity contribution in [1.82, 2.24) is 0 Å². The van der Waals surface area contributed by atoms with Gasteiger partial charge in [-0.05, 0) is 18.2 Å². The maximum absolute atomic E-state index is 11.2. The van der Waals surface area contributed by atoms with Gasteiger partial charge in [0.1, 0.15) is 5.75 Å². The molecule has 0 atom stereocenters. The number of aromatic hydroxyl groups is 1. The monoisotopic (exact) mass is 221 g/mol. The van der Waals surface area contributed by atoms with Gasteiger partial charge < -0.3 is 15.5 Å². The number of hydrogen-bond acceptors (Lipinski definition) is 3. The second kappa shape index (κ2) is 4.97. The molecule has 1 rings (SSSR count). The van der Waals surface area contributed by atoms with Crippen LogP contribution in [0.2, 0.25) is 0 Å². The molecule has 0 aromatic heterocycles. The molecule has 0 aliphatic carbocycles. The summed E-state index contributed by atoms with van der Waals surface area (Å²) >= 11 is 0. The smallest absolute Gasteiger partial charge is 0.337 e. The quantitative estimate of drug-likeness (QED) is 0.532.